The first-order chi connectivity index (χ1) is 12.7. The van der Waals surface area contributed by atoms with Crippen LogP contribution < -0.4 is 5.73 Å². The first-order valence-corrected chi connectivity index (χ1v) is 10.1. The van der Waals surface area contributed by atoms with Crippen molar-refractivity contribution in [3.8, 4) is 18.2 Å². The van der Waals surface area contributed by atoms with E-state index in [2.05, 4.69) is 39.0 Å². The molecule has 2 aliphatic carbocycles. The van der Waals surface area contributed by atoms with Crippen molar-refractivity contribution in [3.63, 3.8) is 0 Å². The van der Waals surface area contributed by atoms with E-state index in [0.717, 1.165) is 23.3 Å². The van der Waals surface area contributed by atoms with Crippen molar-refractivity contribution in [3.05, 3.63) is 44.3 Å². The van der Waals surface area contributed by atoms with E-state index < -0.39 is 5.41 Å². The van der Waals surface area contributed by atoms with Crippen molar-refractivity contribution in [2.24, 2.45) is 28.4 Å². The Morgan fingerprint density at radius 3 is 2.37 bits per heavy atom. The van der Waals surface area contributed by atoms with Crippen LogP contribution in [0, 0.1) is 56.7 Å². The van der Waals surface area contributed by atoms with E-state index >= 15 is 0 Å². The normalized spacial score (nSPS) is 27.0. The largest absolute Gasteiger partial charge is 0.399 e. The highest BCUT2D eigenvalue weighted by Gasteiger charge is 2.53. The third-order valence-corrected chi connectivity index (χ3v) is 7.30. The van der Waals surface area contributed by atoms with E-state index in [9.17, 15) is 15.8 Å². The van der Waals surface area contributed by atoms with Crippen molar-refractivity contribution in [2.45, 2.75) is 39.5 Å². The zero-order valence-electron chi connectivity index (χ0n) is 15.6. The number of nitrogens with two attached hydrogens (primary N) is 1. The van der Waals surface area contributed by atoms with Crippen LogP contribution in [-0.2, 0) is 0 Å². The fourth-order valence-electron chi connectivity index (χ4n) is 4.37. The fourth-order valence-corrected chi connectivity index (χ4v) is 5.61. The van der Waals surface area contributed by atoms with Gasteiger partial charge in [-0.2, -0.15) is 15.8 Å². The van der Waals surface area contributed by atoms with Crippen molar-refractivity contribution in [2.75, 3.05) is 0 Å². The molecule has 0 saturated heterocycles. The second-order valence-corrected chi connectivity index (χ2v) is 10.1. The molecule has 4 nitrogen and oxygen atoms in total. The summed E-state index contributed by atoms with van der Waals surface area (Å²) < 4.78 is 0.645. The molecule has 0 bridgehead atoms. The van der Waals surface area contributed by atoms with Crippen molar-refractivity contribution >= 4 is 22.9 Å². The number of nitriles is 3. The molecule has 3 rings (SSSR count). The molecule has 138 valence electrons. The molecule has 0 aromatic carbocycles. The van der Waals surface area contributed by atoms with E-state index in [1.165, 1.54) is 11.3 Å². The van der Waals surface area contributed by atoms with Gasteiger partial charge in [-0.1, -0.05) is 38.4 Å². The van der Waals surface area contributed by atoms with Gasteiger partial charge >= 0.3 is 0 Å². The van der Waals surface area contributed by atoms with Gasteiger partial charge in [0.2, 0.25) is 5.41 Å². The Kier molecular flexibility index (Phi) is 4.85. The quantitative estimate of drug-likeness (QED) is 0.654. The van der Waals surface area contributed by atoms with E-state index in [1.54, 1.807) is 0 Å². The number of halogens is 1. The van der Waals surface area contributed by atoms with E-state index in [-0.39, 0.29) is 22.9 Å². The molecule has 6 heteroatoms. The highest BCUT2D eigenvalue weighted by molar-refractivity contribution is 7.16. The summed E-state index contributed by atoms with van der Waals surface area (Å²) in [5, 5.41) is 29.7. The minimum Gasteiger partial charge on any atom is -0.399 e. The van der Waals surface area contributed by atoms with Gasteiger partial charge in [-0.25, -0.2) is 0 Å². The predicted molar refractivity (Wildman–Crippen MR) is 106 cm³/mol. The molecule has 27 heavy (non-hydrogen) atoms. The summed E-state index contributed by atoms with van der Waals surface area (Å²) in [5.41, 5.74) is 5.97. The number of rotatable bonds is 1. The molecule has 0 unspecified atom stereocenters. The minimum atomic E-state index is -1.56. The van der Waals surface area contributed by atoms with Crippen LogP contribution in [0.25, 0.3) is 0 Å². The monoisotopic (exact) mass is 396 g/mol. The molecular weight excluding hydrogens is 376 g/mol. The summed E-state index contributed by atoms with van der Waals surface area (Å²) in [6, 6.07) is 10.2. The minimum absolute atomic E-state index is 0.0706. The molecule has 1 aromatic heterocycles. The van der Waals surface area contributed by atoms with Gasteiger partial charge in [0.15, 0.2) is 0 Å². The van der Waals surface area contributed by atoms with Gasteiger partial charge in [-0.15, -0.1) is 11.3 Å². The van der Waals surface area contributed by atoms with Crippen LogP contribution >= 0.6 is 22.9 Å². The maximum absolute atomic E-state index is 9.90. The molecule has 0 radical (unpaired) electrons. The number of fused-ring (bicyclic) bond motifs is 1. The fraction of sp³-hybridized carbons (Fsp3) is 0.476. The van der Waals surface area contributed by atoms with Gasteiger partial charge in [0.1, 0.15) is 0 Å². The van der Waals surface area contributed by atoms with Crippen molar-refractivity contribution in [1.82, 2.24) is 0 Å². The SMILES string of the molecule is CC(C)(C)[C@@H]1CC=C2[C@H](C1)[C@@H](c1ccc(Cl)s1)C(C#N)=C(N)C2(C#N)C#N. The Morgan fingerprint density at radius 1 is 1.22 bits per heavy atom. The zero-order valence-corrected chi connectivity index (χ0v) is 17.2. The molecule has 0 saturated carbocycles. The van der Waals surface area contributed by atoms with Crippen molar-refractivity contribution in [1.29, 1.82) is 15.8 Å². The smallest absolute Gasteiger partial charge is 0.204 e. The van der Waals surface area contributed by atoms with Gasteiger partial charge < -0.3 is 5.73 Å². The Balaban J connectivity index is 2.27. The number of nitrogens with zero attached hydrogens (tertiary/aromatic N) is 3. The number of hydrogen-bond donors (Lipinski definition) is 1. The average Bonchev–Trinajstić information content (AvgIpc) is 3.06. The first-order valence-electron chi connectivity index (χ1n) is 8.88. The van der Waals surface area contributed by atoms with Gasteiger partial charge in [0.25, 0.3) is 0 Å². The summed E-state index contributed by atoms with van der Waals surface area (Å²) >= 11 is 7.59. The van der Waals surface area contributed by atoms with Crippen LogP contribution in [0.4, 0.5) is 0 Å². The van der Waals surface area contributed by atoms with Gasteiger partial charge in [0.05, 0.1) is 33.8 Å². The van der Waals surface area contributed by atoms with Gasteiger partial charge in [-0.05, 0) is 47.8 Å². The molecule has 1 heterocycles. The topological polar surface area (TPSA) is 97.4 Å². The Labute approximate surface area is 169 Å². The molecule has 2 N–H and O–H groups in total. The molecule has 3 atom stereocenters. The standard InChI is InChI=1S/C21H21ClN4S/c1-20(2,3)12-4-5-15-13(8-12)18(16-6-7-17(22)27-16)14(9-23)19(26)21(15,10-24)11-25/h5-7,12-13,18H,4,8,26H2,1-3H3/t12-,13+,18-/m1/s1. The average molecular weight is 397 g/mol. The Hall–Kier alpha value is -2.26. The highest BCUT2D eigenvalue weighted by atomic mass is 35.5. The molecule has 0 fully saturated rings. The Morgan fingerprint density at radius 2 is 1.89 bits per heavy atom. The number of allylic oxidation sites excluding steroid dienone is 3. The second kappa shape index (κ2) is 6.72. The van der Waals surface area contributed by atoms with Crippen LogP contribution in [0.1, 0.15) is 44.4 Å². The lowest BCUT2D eigenvalue weighted by atomic mass is 9.56. The molecule has 0 amide bonds. The van der Waals surface area contributed by atoms with E-state index in [0.29, 0.717) is 15.8 Å². The van der Waals surface area contributed by atoms with Crippen LogP contribution in [-0.4, -0.2) is 0 Å². The summed E-state index contributed by atoms with van der Waals surface area (Å²) in [7, 11) is 0. The Bertz CT molecular complexity index is 944. The summed E-state index contributed by atoms with van der Waals surface area (Å²) in [6.45, 7) is 6.61. The van der Waals surface area contributed by atoms with Gasteiger partial charge in [-0.3, -0.25) is 0 Å². The second-order valence-electron chi connectivity index (χ2n) is 8.33. The first kappa shape index (κ1) is 19.5. The zero-order chi connectivity index (χ0) is 20.0. The number of thiophene rings is 1. The van der Waals surface area contributed by atoms with E-state index in [4.69, 9.17) is 17.3 Å². The molecule has 2 aliphatic rings. The number of hydrogen-bond acceptors (Lipinski definition) is 5. The lowest BCUT2D eigenvalue weighted by molar-refractivity contribution is 0.181. The summed E-state index contributed by atoms with van der Waals surface area (Å²) in [6.07, 6.45) is 3.63. The highest BCUT2D eigenvalue weighted by Crippen LogP contribution is 2.58. The lowest BCUT2D eigenvalue weighted by Gasteiger charge is -2.46. The maximum Gasteiger partial charge on any atom is 0.204 e. The van der Waals surface area contributed by atoms with Crippen LogP contribution in [0.2, 0.25) is 4.34 Å². The lowest BCUT2D eigenvalue weighted by Crippen LogP contribution is -2.42. The van der Waals surface area contributed by atoms with E-state index in [1.807, 2.05) is 18.2 Å². The third-order valence-electron chi connectivity index (χ3n) is 5.98. The maximum atomic E-state index is 9.90. The van der Waals surface area contributed by atoms with Crippen LogP contribution in [0.15, 0.2) is 35.1 Å². The predicted octanol–water partition coefficient (Wildman–Crippen LogP) is 5.27. The molecule has 0 spiro atoms. The third kappa shape index (κ3) is 2.94. The summed E-state index contributed by atoms with van der Waals surface area (Å²) in [5.74, 6) is 0.0104. The van der Waals surface area contributed by atoms with Crippen LogP contribution in [0.3, 0.4) is 0 Å². The van der Waals surface area contributed by atoms with Crippen LogP contribution in [0.5, 0.6) is 0 Å². The van der Waals surface area contributed by atoms with Gasteiger partial charge in [0, 0.05) is 10.8 Å². The summed E-state index contributed by atoms with van der Waals surface area (Å²) in [4.78, 5) is 0.953. The molecular formula is C21H21ClN4S. The van der Waals surface area contributed by atoms with Crippen molar-refractivity contribution < 1.29 is 0 Å². The molecule has 0 aliphatic heterocycles. The molecule has 1 aromatic rings.